The van der Waals surface area contributed by atoms with Crippen molar-refractivity contribution in [2.24, 2.45) is 5.73 Å². The number of nitrogens with two attached hydrogens (primary N) is 1. The smallest absolute Gasteiger partial charge is 0.320 e. The van der Waals surface area contributed by atoms with Gasteiger partial charge in [0.15, 0.2) is 0 Å². The third-order valence-corrected chi connectivity index (χ3v) is 4.50. The van der Waals surface area contributed by atoms with Crippen molar-refractivity contribution in [2.75, 3.05) is 20.6 Å². The van der Waals surface area contributed by atoms with Crippen LogP contribution < -0.4 is 5.73 Å². The summed E-state index contributed by atoms with van der Waals surface area (Å²) in [5, 5.41) is 21.5. The van der Waals surface area contributed by atoms with Crippen molar-refractivity contribution in [3.63, 3.8) is 0 Å². The van der Waals surface area contributed by atoms with Gasteiger partial charge in [-0.05, 0) is 42.1 Å². The van der Waals surface area contributed by atoms with E-state index in [1.54, 1.807) is 4.68 Å². The van der Waals surface area contributed by atoms with Crippen molar-refractivity contribution in [3.05, 3.63) is 35.4 Å². The summed E-state index contributed by atoms with van der Waals surface area (Å²) in [6.07, 6.45) is 0.303. The van der Waals surface area contributed by atoms with Crippen molar-refractivity contribution < 1.29 is 9.90 Å². The third-order valence-electron chi connectivity index (χ3n) is 3.49. The molecule has 1 aromatic heterocycles. The summed E-state index contributed by atoms with van der Waals surface area (Å²) in [6.45, 7) is 1.57. The Hall–Kier alpha value is -1.97. The Balaban J connectivity index is 2.02. The van der Waals surface area contributed by atoms with Crippen LogP contribution in [0.25, 0.3) is 0 Å². The predicted octanol–water partition coefficient (Wildman–Crippen LogP) is 0.481. The lowest BCUT2D eigenvalue weighted by Gasteiger charge is -2.12. The van der Waals surface area contributed by atoms with Gasteiger partial charge < -0.3 is 15.7 Å². The summed E-state index contributed by atoms with van der Waals surface area (Å²) in [7, 11) is 4.00. The topological polar surface area (TPSA) is 110 Å². The number of aromatic nitrogens is 4. The highest BCUT2D eigenvalue weighted by molar-refractivity contribution is 7.98. The van der Waals surface area contributed by atoms with Crippen LogP contribution in [0.3, 0.4) is 0 Å². The standard InChI is InChI=1S/C15H22N6O2S/c1-20(2)7-8-21-15(17-18-19-21)24-10-12-6-4-3-5-11(12)9-13(16)14(22)23/h3-6,13H,7-10,16H2,1-2H3,(H,22,23). The van der Waals surface area contributed by atoms with Crippen LogP contribution in [-0.2, 0) is 23.5 Å². The second kappa shape index (κ2) is 8.76. The maximum Gasteiger partial charge on any atom is 0.320 e. The van der Waals surface area contributed by atoms with Crippen LogP contribution >= 0.6 is 11.8 Å². The molecule has 0 amide bonds. The van der Waals surface area contributed by atoms with Crippen LogP contribution in [-0.4, -0.2) is 62.9 Å². The highest BCUT2D eigenvalue weighted by Crippen LogP contribution is 2.23. The number of nitrogens with zero attached hydrogens (tertiary/aromatic N) is 5. The first-order valence-corrected chi connectivity index (χ1v) is 8.54. The molecule has 0 saturated heterocycles. The van der Waals surface area contributed by atoms with E-state index in [-0.39, 0.29) is 0 Å². The van der Waals surface area contributed by atoms with E-state index < -0.39 is 12.0 Å². The van der Waals surface area contributed by atoms with Gasteiger partial charge in [0.25, 0.3) is 0 Å². The third kappa shape index (κ3) is 5.29. The van der Waals surface area contributed by atoms with Crippen LogP contribution in [0.5, 0.6) is 0 Å². The number of tetrazole rings is 1. The highest BCUT2D eigenvalue weighted by atomic mass is 32.2. The Morgan fingerprint density at radius 1 is 1.38 bits per heavy atom. The van der Waals surface area contributed by atoms with Gasteiger partial charge in [-0.2, -0.15) is 0 Å². The summed E-state index contributed by atoms with van der Waals surface area (Å²) in [4.78, 5) is 13.0. The number of carboxylic acid groups (broad SMARTS) is 1. The van der Waals surface area contributed by atoms with E-state index >= 15 is 0 Å². The fourth-order valence-corrected chi connectivity index (χ4v) is 3.04. The molecule has 0 aliphatic rings. The molecule has 9 heteroatoms. The van der Waals surface area contributed by atoms with Crippen molar-refractivity contribution in [1.29, 1.82) is 0 Å². The fraction of sp³-hybridized carbons (Fsp3) is 0.467. The van der Waals surface area contributed by atoms with E-state index in [9.17, 15) is 4.79 Å². The molecule has 1 heterocycles. The molecule has 8 nitrogen and oxygen atoms in total. The number of benzene rings is 1. The van der Waals surface area contributed by atoms with Gasteiger partial charge in [-0.25, -0.2) is 4.68 Å². The first kappa shape index (κ1) is 18.4. The van der Waals surface area contributed by atoms with Crippen LogP contribution in [0.15, 0.2) is 29.4 Å². The summed E-state index contributed by atoms with van der Waals surface area (Å²) >= 11 is 1.53. The van der Waals surface area contributed by atoms with E-state index in [4.69, 9.17) is 10.8 Å². The Morgan fingerprint density at radius 2 is 2.08 bits per heavy atom. The number of rotatable bonds is 9. The molecule has 0 saturated carbocycles. The molecule has 1 atom stereocenters. The number of thioether (sulfide) groups is 1. The zero-order valence-electron chi connectivity index (χ0n) is 13.8. The molecular formula is C15H22N6O2S. The molecule has 130 valence electrons. The van der Waals surface area contributed by atoms with E-state index in [0.717, 1.165) is 22.8 Å². The van der Waals surface area contributed by atoms with Crippen LogP contribution in [0.1, 0.15) is 11.1 Å². The normalized spacial score (nSPS) is 12.5. The SMILES string of the molecule is CN(C)CCn1nnnc1SCc1ccccc1CC(N)C(=O)O. The van der Waals surface area contributed by atoms with E-state index in [2.05, 4.69) is 20.4 Å². The highest BCUT2D eigenvalue weighted by Gasteiger charge is 2.15. The molecule has 0 aliphatic heterocycles. The molecule has 2 rings (SSSR count). The van der Waals surface area contributed by atoms with Crippen molar-refractivity contribution >= 4 is 17.7 Å². The molecule has 1 unspecified atom stereocenters. The first-order valence-electron chi connectivity index (χ1n) is 7.56. The summed E-state index contributed by atoms with van der Waals surface area (Å²) in [5.41, 5.74) is 7.63. The number of hydrogen-bond acceptors (Lipinski definition) is 7. The monoisotopic (exact) mass is 350 g/mol. The minimum Gasteiger partial charge on any atom is -0.480 e. The number of carbonyl (C=O) groups is 1. The molecule has 0 fully saturated rings. The molecule has 0 aliphatic carbocycles. The van der Waals surface area contributed by atoms with E-state index in [1.807, 2.05) is 38.4 Å². The number of carboxylic acids is 1. The Bertz CT molecular complexity index is 675. The molecule has 3 N–H and O–H groups in total. The van der Waals surface area contributed by atoms with Gasteiger partial charge in [-0.1, -0.05) is 36.0 Å². The van der Waals surface area contributed by atoms with E-state index in [1.165, 1.54) is 11.8 Å². The van der Waals surface area contributed by atoms with Gasteiger partial charge in [0.2, 0.25) is 5.16 Å². The van der Waals surface area contributed by atoms with Crippen LogP contribution in [0, 0.1) is 0 Å². The lowest BCUT2D eigenvalue weighted by Crippen LogP contribution is -2.32. The maximum atomic E-state index is 11.0. The Labute approximate surface area is 145 Å². The Kier molecular flexibility index (Phi) is 6.71. The Morgan fingerprint density at radius 3 is 2.75 bits per heavy atom. The van der Waals surface area contributed by atoms with Gasteiger partial charge in [0, 0.05) is 12.3 Å². The predicted molar refractivity (Wildman–Crippen MR) is 91.7 cm³/mol. The average molecular weight is 350 g/mol. The molecule has 2 aromatic rings. The van der Waals surface area contributed by atoms with Gasteiger partial charge in [-0.3, -0.25) is 4.79 Å². The summed E-state index contributed by atoms with van der Waals surface area (Å²) in [6, 6.07) is 6.81. The number of likely N-dealkylation sites (N-methyl/N-ethyl adjacent to an activating group) is 1. The molecule has 24 heavy (non-hydrogen) atoms. The van der Waals surface area contributed by atoms with Crippen LogP contribution in [0.4, 0.5) is 0 Å². The van der Waals surface area contributed by atoms with E-state index in [0.29, 0.717) is 18.7 Å². The molecule has 0 radical (unpaired) electrons. The molecule has 0 bridgehead atoms. The maximum absolute atomic E-state index is 11.0. The van der Waals surface area contributed by atoms with Gasteiger partial charge in [0.1, 0.15) is 6.04 Å². The fourth-order valence-electron chi connectivity index (χ4n) is 2.10. The molecular weight excluding hydrogens is 328 g/mol. The van der Waals surface area contributed by atoms with Gasteiger partial charge in [-0.15, -0.1) is 5.10 Å². The minimum absolute atomic E-state index is 0.303. The minimum atomic E-state index is -0.995. The number of aliphatic carboxylic acids is 1. The second-order valence-corrected chi connectivity index (χ2v) is 6.64. The van der Waals surface area contributed by atoms with Gasteiger partial charge >= 0.3 is 5.97 Å². The largest absolute Gasteiger partial charge is 0.480 e. The van der Waals surface area contributed by atoms with Gasteiger partial charge in [0.05, 0.1) is 6.54 Å². The average Bonchev–Trinajstić information content (AvgIpc) is 2.99. The van der Waals surface area contributed by atoms with Crippen molar-refractivity contribution in [2.45, 2.75) is 29.9 Å². The summed E-state index contributed by atoms with van der Waals surface area (Å²) < 4.78 is 1.77. The van der Waals surface area contributed by atoms with Crippen LogP contribution in [0.2, 0.25) is 0 Å². The number of hydrogen-bond donors (Lipinski definition) is 2. The molecule has 1 aromatic carbocycles. The quantitative estimate of drug-likeness (QED) is 0.629. The molecule has 0 spiro atoms. The first-order chi connectivity index (χ1) is 11.5. The van der Waals surface area contributed by atoms with Crippen molar-refractivity contribution in [3.8, 4) is 0 Å². The second-order valence-electron chi connectivity index (χ2n) is 5.69. The lowest BCUT2D eigenvalue weighted by molar-refractivity contribution is -0.138. The van der Waals surface area contributed by atoms with Crippen molar-refractivity contribution in [1.82, 2.24) is 25.1 Å². The zero-order valence-corrected chi connectivity index (χ0v) is 14.6. The lowest BCUT2D eigenvalue weighted by atomic mass is 10.0. The zero-order chi connectivity index (χ0) is 17.5. The summed E-state index contributed by atoms with van der Waals surface area (Å²) in [5.74, 6) is -0.338.